The van der Waals surface area contributed by atoms with Crippen LogP contribution < -0.4 is 22.7 Å². The van der Waals surface area contributed by atoms with Crippen LogP contribution in [0, 0.1) is 0 Å². The van der Waals surface area contributed by atoms with Crippen molar-refractivity contribution in [3.8, 4) is 0 Å². The number of hydrogen-bond donors (Lipinski definition) is 4. The Hall–Kier alpha value is -2.27. The minimum atomic E-state index is -4.25. The minimum absolute atomic E-state index is 0.0425. The third kappa shape index (κ3) is 4.88. The predicted octanol–water partition coefficient (Wildman–Crippen LogP) is 1.20. The van der Waals surface area contributed by atoms with Gasteiger partial charge in [0.15, 0.2) is 0 Å². The van der Waals surface area contributed by atoms with E-state index in [0.29, 0.717) is 10.6 Å². The highest BCUT2D eigenvalue weighted by Crippen LogP contribution is 2.34. The first-order chi connectivity index (χ1) is 12.2. The first-order valence-electron chi connectivity index (χ1n) is 7.11. The lowest BCUT2D eigenvalue weighted by molar-refractivity contribution is 0.1000. The summed E-state index contributed by atoms with van der Waals surface area (Å²) in [6, 6.07) is 11.9. The number of thioether (sulfide) groups is 1. The number of guanidine groups is 1. The monoisotopic (exact) mass is 413 g/mol. The van der Waals surface area contributed by atoms with Gasteiger partial charge in [-0.3, -0.25) is 10.2 Å². The molecule has 0 fully saturated rings. The van der Waals surface area contributed by atoms with Crippen LogP contribution in [0.2, 0.25) is 5.02 Å². The zero-order valence-corrected chi connectivity index (χ0v) is 15.7. The Labute approximate surface area is 159 Å². The number of carbonyl (C=O) groups is 1. The molecule has 0 unspecified atom stereocenters. The van der Waals surface area contributed by atoms with Gasteiger partial charge < -0.3 is 11.5 Å². The molecule has 1 amide bonds. The molecule has 8 nitrogen and oxygen atoms in total. The number of primary amides is 1. The van der Waals surface area contributed by atoms with Gasteiger partial charge >= 0.3 is 0 Å². The Balaban J connectivity index is 2.52. The van der Waals surface area contributed by atoms with Gasteiger partial charge in [0.2, 0.25) is 11.9 Å². The molecule has 0 saturated heterocycles. The smallest absolute Gasteiger partial charge is 0.286 e. The summed E-state index contributed by atoms with van der Waals surface area (Å²) in [5, 5.41) is 0.0425. The predicted molar refractivity (Wildman–Crippen MR) is 102 cm³/mol. The van der Waals surface area contributed by atoms with Crippen LogP contribution in [0.3, 0.4) is 0 Å². The molecule has 0 aromatic heterocycles. The summed E-state index contributed by atoms with van der Waals surface area (Å²) < 4.78 is 28.5. The standard InChI is InChI=1S/C15H16ClN5O3S2/c16-11-7-12(25-8-9-4-2-1-3-5-9)13(6-10(11)14(17)22)26(23,24)21-15(18)20-19/h1-7H,8,19H2,(H2,17,22)(H3,18,20,21). The lowest BCUT2D eigenvalue weighted by Gasteiger charge is -2.11. The van der Waals surface area contributed by atoms with E-state index in [-0.39, 0.29) is 15.5 Å². The number of nitrogens with two attached hydrogens (primary N) is 3. The molecule has 26 heavy (non-hydrogen) atoms. The molecule has 0 aliphatic carbocycles. The van der Waals surface area contributed by atoms with Gasteiger partial charge in [0.25, 0.3) is 10.0 Å². The number of amides is 1. The van der Waals surface area contributed by atoms with Crippen molar-refractivity contribution in [2.24, 2.45) is 21.7 Å². The molecule has 0 aliphatic rings. The van der Waals surface area contributed by atoms with Gasteiger partial charge in [-0.15, -0.1) is 16.2 Å². The Bertz CT molecular complexity index is 949. The van der Waals surface area contributed by atoms with E-state index in [0.717, 1.165) is 11.6 Å². The Morgan fingerprint density at radius 1 is 1.19 bits per heavy atom. The molecular weight excluding hydrogens is 398 g/mol. The van der Waals surface area contributed by atoms with Crippen LogP contribution in [0.15, 0.2) is 56.7 Å². The van der Waals surface area contributed by atoms with Gasteiger partial charge in [-0.1, -0.05) is 41.9 Å². The highest BCUT2D eigenvalue weighted by Gasteiger charge is 2.23. The average Bonchev–Trinajstić information content (AvgIpc) is 2.59. The zero-order chi connectivity index (χ0) is 19.3. The molecule has 138 valence electrons. The van der Waals surface area contributed by atoms with Gasteiger partial charge in [-0.25, -0.2) is 5.84 Å². The van der Waals surface area contributed by atoms with E-state index >= 15 is 0 Å². The van der Waals surface area contributed by atoms with E-state index in [4.69, 9.17) is 28.9 Å². The molecule has 0 aliphatic heterocycles. The van der Waals surface area contributed by atoms with Crippen molar-refractivity contribution >= 4 is 45.3 Å². The summed E-state index contributed by atoms with van der Waals surface area (Å²) in [5.74, 6) is 4.18. The second-order valence-corrected chi connectivity index (χ2v) is 8.01. The number of benzene rings is 2. The van der Waals surface area contributed by atoms with Crippen molar-refractivity contribution in [1.29, 1.82) is 0 Å². The number of rotatable bonds is 6. The molecule has 2 rings (SSSR count). The van der Waals surface area contributed by atoms with Crippen LogP contribution >= 0.6 is 23.4 Å². The Morgan fingerprint density at radius 2 is 1.85 bits per heavy atom. The van der Waals surface area contributed by atoms with E-state index < -0.39 is 21.9 Å². The normalized spacial score (nSPS) is 12.0. The summed E-state index contributed by atoms with van der Waals surface area (Å²) >= 11 is 7.28. The minimum Gasteiger partial charge on any atom is -0.368 e. The fourth-order valence-corrected chi connectivity index (χ4v) is 4.70. The fraction of sp³-hybridized carbons (Fsp3) is 0.0667. The highest BCUT2D eigenvalue weighted by molar-refractivity contribution is 7.99. The van der Waals surface area contributed by atoms with Crippen LogP contribution in [0.25, 0.3) is 0 Å². The maximum atomic E-state index is 12.5. The van der Waals surface area contributed by atoms with Crippen LogP contribution in [0.4, 0.5) is 0 Å². The fourth-order valence-electron chi connectivity index (χ4n) is 1.98. The van der Waals surface area contributed by atoms with E-state index in [9.17, 15) is 13.2 Å². The Morgan fingerprint density at radius 3 is 2.42 bits per heavy atom. The molecule has 2 aromatic rings. The van der Waals surface area contributed by atoms with Crippen molar-refractivity contribution in [2.45, 2.75) is 15.5 Å². The highest BCUT2D eigenvalue weighted by atomic mass is 35.5. The van der Waals surface area contributed by atoms with Crippen LogP contribution in [0.5, 0.6) is 0 Å². The molecular formula is C15H16ClN5O3S2. The quantitative estimate of drug-likeness (QED) is 0.182. The largest absolute Gasteiger partial charge is 0.368 e. The lowest BCUT2D eigenvalue weighted by Crippen LogP contribution is -2.37. The molecule has 0 saturated carbocycles. The summed E-state index contributed by atoms with van der Waals surface area (Å²) in [7, 11) is -4.25. The zero-order valence-electron chi connectivity index (χ0n) is 13.3. The van der Waals surface area contributed by atoms with Crippen molar-refractivity contribution in [1.82, 2.24) is 5.43 Å². The molecule has 11 heteroatoms. The topological polar surface area (TPSA) is 154 Å². The molecule has 2 aromatic carbocycles. The first-order valence-corrected chi connectivity index (χ1v) is 9.92. The maximum absolute atomic E-state index is 12.5. The number of sulfonamides is 1. The summed E-state index contributed by atoms with van der Waals surface area (Å²) in [4.78, 5) is 11.6. The van der Waals surface area contributed by atoms with Crippen molar-refractivity contribution in [3.63, 3.8) is 0 Å². The number of halogens is 1. The molecule has 0 bridgehead atoms. The van der Waals surface area contributed by atoms with Gasteiger partial charge in [0, 0.05) is 10.6 Å². The number of nitrogens with one attached hydrogen (secondary N) is 1. The number of hydrogen-bond acceptors (Lipinski definition) is 5. The SMILES string of the molecule is NN/C(N)=N/S(=O)(=O)c1cc(C(N)=O)c(Cl)cc1SCc1ccccc1. The third-order valence-corrected chi connectivity index (χ3v) is 6.08. The van der Waals surface area contributed by atoms with Crippen LogP contribution in [0.1, 0.15) is 15.9 Å². The number of carbonyl (C=O) groups excluding carboxylic acids is 1. The van der Waals surface area contributed by atoms with Crippen molar-refractivity contribution in [2.75, 3.05) is 0 Å². The third-order valence-electron chi connectivity index (χ3n) is 3.18. The number of hydrazine groups is 1. The second kappa shape index (κ2) is 8.41. The summed E-state index contributed by atoms with van der Waals surface area (Å²) in [6.45, 7) is 0. The second-order valence-electron chi connectivity index (χ2n) is 5.01. The Kier molecular flexibility index (Phi) is 6.48. The van der Waals surface area contributed by atoms with Crippen molar-refractivity contribution < 1.29 is 13.2 Å². The first kappa shape index (κ1) is 20.0. The molecule has 0 atom stereocenters. The van der Waals surface area contributed by atoms with Gasteiger partial charge in [-0.2, -0.15) is 8.42 Å². The summed E-state index contributed by atoms with van der Waals surface area (Å²) in [6.07, 6.45) is 0. The molecule has 0 spiro atoms. The lowest BCUT2D eigenvalue weighted by atomic mass is 10.2. The van der Waals surface area contributed by atoms with E-state index in [1.54, 1.807) is 0 Å². The van der Waals surface area contributed by atoms with Crippen LogP contribution in [-0.2, 0) is 15.8 Å². The van der Waals surface area contributed by atoms with E-state index in [1.807, 2.05) is 35.8 Å². The van der Waals surface area contributed by atoms with Gasteiger partial charge in [0.05, 0.1) is 10.6 Å². The summed E-state index contributed by atoms with van der Waals surface area (Å²) in [5.41, 5.74) is 13.4. The van der Waals surface area contributed by atoms with E-state index in [2.05, 4.69) is 4.40 Å². The van der Waals surface area contributed by atoms with Gasteiger partial charge in [-0.05, 0) is 17.7 Å². The van der Waals surface area contributed by atoms with Crippen molar-refractivity contribution in [3.05, 3.63) is 58.6 Å². The molecule has 0 heterocycles. The number of nitrogens with zero attached hydrogens (tertiary/aromatic N) is 1. The average molecular weight is 414 g/mol. The molecule has 0 radical (unpaired) electrons. The van der Waals surface area contributed by atoms with Crippen LogP contribution in [-0.4, -0.2) is 20.3 Å². The maximum Gasteiger partial charge on any atom is 0.286 e. The van der Waals surface area contributed by atoms with E-state index in [1.165, 1.54) is 17.8 Å². The molecule has 7 N–H and O–H groups in total. The van der Waals surface area contributed by atoms with Gasteiger partial charge in [0.1, 0.15) is 4.90 Å².